The molecule has 0 aromatic carbocycles. The van der Waals surface area contributed by atoms with E-state index in [4.69, 9.17) is 5.73 Å². The molecule has 3 N–H and O–H groups in total. The van der Waals surface area contributed by atoms with Gasteiger partial charge in [-0.05, 0) is 24.5 Å². The molecule has 2 heterocycles. The Morgan fingerprint density at radius 3 is 3.17 bits per heavy atom. The number of thiophene rings is 1. The standard InChI is InChI=1S/C11H14N4OS2/c1-17-6-2-4-13-10(16)9-8(12)7-3-5-14-15-11(7)18-9/h3,5H,2,4,6,12H2,1H3,(H,13,16). The summed E-state index contributed by atoms with van der Waals surface area (Å²) in [6.45, 7) is 0.666. The van der Waals surface area contributed by atoms with E-state index in [1.54, 1.807) is 24.0 Å². The first kappa shape index (κ1) is 13.1. The number of anilines is 1. The van der Waals surface area contributed by atoms with Crippen LogP contribution in [0, 0.1) is 0 Å². The maximum absolute atomic E-state index is 12.0. The van der Waals surface area contributed by atoms with Gasteiger partial charge in [-0.1, -0.05) is 0 Å². The van der Waals surface area contributed by atoms with Crippen LogP contribution in [-0.2, 0) is 0 Å². The first-order valence-corrected chi connectivity index (χ1v) is 7.72. The van der Waals surface area contributed by atoms with Crippen molar-refractivity contribution < 1.29 is 4.79 Å². The molecule has 0 spiro atoms. The van der Waals surface area contributed by atoms with Gasteiger partial charge in [0.15, 0.2) is 0 Å². The highest BCUT2D eigenvalue weighted by molar-refractivity contribution is 7.98. The van der Waals surface area contributed by atoms with Gasteiger partial charge in [0.25, 0.3) is 5.91 Å². The molecule has 0 aliphatic heterocycles. The summed E-state index contributed by atoms with van der Waals surface area (Å²) in [4.78, 5) is 13.2. The van der Waals surface area contributed by atoms with E-state index in [2.05, 4.69) is 15.5 Å². The van der Waals surface area contributed by atoms with Crippen LogP contribution in [0.4, 0.5) is 5.69 Å². The number of thioether (sulfide) groups is 1. The van der Waals surface area contributed by atoms with Crippen LogP contribution in [0.1, 0.15) is 16.1 Å². The zero-order valence-electron chi connectivity index (χ0n) is 9.97. The average Bonchev–Trinajstić information content (AvgIpc) is 2.73. The SMILES string of the molecule is CSCCCNC(=O)c1sc2nnccc2c1N. The van der Waals surface area contributed by atoms with Crippen LogP contribution in [0.25, 0.3) is 10.2 Å². The number of aromatic nitrogens is 2. The lowest BCUT2D eigenvalue weighted by Crippen LogP contribution is -2.24. The number of carbonyl (C=O) groups is 1. The summed E-state index contributed by atoms with van der Waals surface area (Å²) in [7, 11) is 0. The van der Waals surface area contributed by atoms with Gasteiger partial charge in [-0.2, -0.15) is 16.9 Å². The molecule has 1 amide bonds. The van der Waals surface area contributed by atoms with Crippen molar-refractivity contribution in [1.82, 2.24) is 15.5 Å². The smallest absolute Gasteiger partial charge is 0.263 e. The fourth-order valence-corrected chi connectivity index (χ4v) is 2.93. The zero-order valence-corrected chi connectivity index (χ0v) is 11.6. The van der Waals surface area contributed by atoms with Crippen LogP contribution in [0.15, 0.2) is 12.3 Å². The summed E-state index contributed by atoms with van der Waals surface area (Å²) >= 11 is 3.04. The number of hydrogen-bond acceptors (Lipinski definition) is 6. The highest BCUT2D eigenvalue weighted by Gasteiger charge is 2.16. The Morgan fingerprint density at radius 2 is 2.44 bits per heavy atom. The Kier molecular flexibility index (Phi) is 4.38. The van der Waals surface area contributed by atoms with Crippen LogP contribution in [-0.4, -0.2) is 34.7 Å². The molecule has 0 aliphatic carbocycles. The third kappa shape index (κ3) is 2.73. The third-order valence-electron chi connectivity index (χ3n) is 2.44. The number of nitrogens with one attached hydrogen (secondary N) is 1. The molecule has 2 aromatic rings. The second-order valence-corrected chi connectivity index (χ2v) is 5.68. The van der Waals surface area contributed by atoms with Crippen LogP contribution < -0.4 is 11.1 Å². The van der Waals surface area contributed by atoms with Gasteiger partial charge >= 0.3 is 0 Å². The summed E-state index contributed by atoms with van der Waals surface area (Å²) < 4.78 is 0. The Labute approximate surface area is 113 Å². The lowest BCUT2D eigenvalue weighted by molar-refractivity contribution is 0.0958. The fraction of sp³-hybridized carbons (Fsp3) is 0.364. The van der Waals surface area contributed by atoms with Crippen LogP contribution in [0.3, 0.4) is 0 Å². The fourth-order valence-electron chi connectivity index (χ4n) is 1.54. The number of nitrogens with zero attached hydrogens (tertiary/aromatic N) is 2. The van der Waals surface area contributed by atoms with E-state index in [-0.39, 0.29) is 5.91 Å². The van der Waals surface area contributed by atoms with Gasteiger partial charge in [-0.25, -0.2) is 0 Å². The lowest BCUT2D eigenvalue weighted by Gasteiger charge is -2.03. The summed E-state index contributed by atoms with van der Waals surface area (Å²) in [5.41, 5.74) is 6.44. The normalized spacial score (nSPS) is 10.7. The van der Waals surface area contributed by atoms with Crippen LogP contribution >= 0.6 is 23.1 Å². The summed E-state index contributed by atoms with van der Waals surface area (Å²) in [5, 5.41) is 11.4. The van der Waals surface area contributed by atoms with Crippen LogP contribution in [0.5, 0.6) is 0 Å². The first-order chi connectivity index (χ1) is 8.74. The van der Waals surface area contributed by atoms with Crippen molar-refractivity contribution in [3.8, 4) is 0 Å². The lowest BCUT2D eigenvalue weighted by atomic mass is 10.3. The number of amides is 1. The number of hydrogen-bond donors (Lipinski definition) is 2. The van der Waals surface area contributed by atoms with E-state index in [9.17, 15) is 4.79 Å². The molecule has 0 atom stereocenters. The highest BCUT2D eigenvalue weighted by Crippen LogP contribution is 2.31. The predicted molar refractivity (Wildman–Crippen MR) is 77.2 cm³/mol. The second-order valence-electron chi connectivity index (χ2n) is 3.70. The highest BCUT2D eigenvalue weighted by atomic mass is 32.2. The second kappa shape index (κ2) is 6.01. The molecule has 0 aliphatic rings. The molecular formula is C11H14N4OS2. The largest absolute Gasteiger partial charge is 0.397 e. The minimum Gasteiger partial charge on any atom is -0.397 e. The molecule has 18 heavy (non-hydrogen) atoms. The molecule has 0 saturated heterocycles. The summed E-state index contributed by atoms with van der Waals surface area (Å²) in [5.74, 6) is 0.907. The first-order valence-electron chi connectivity index (χ1n) is 5.51. The predicted octanol–water partition coefficient (Wildman–Crippen LogP) is 1.76. The van der Waals surface area contributed by atoms with E-state index in [0.29, 0.717) is 21.9 Å². The van der Waals surface area contributed by atoms with Gasteiger partial charge in [0.1, 0.15) is 9.71 Å². The van der Waals surface area contributed by atoms with Gasteiger partial charge in [0, 0.05) is 11.9 Å². The van der Waals surface area contributed by atoms with Gasteiger partial charge < -0.3 is 11.1 Å². The van der Waals surface area contributed by atoms with E-state index in [0.717, 1.165) is 17.6 Å². The maximum atomic E-state index is 12.0. The van der Waals surface area contributed by atoms with Crippen molar-refractivity contribution in [2.75, 3.05) is 24.3 Å². The quantitative estimate of drug-likeness (QED) is 0.817. The van der Waals surface area contributed by atoms with Gasteiger partial charge in [-0.15, -0.1) is 16.4 Å². The minimum absolute atomic E-state index is 0.128. The molecule has 0 bridgehead atoms. The van der Waals surface area contributed by atoms with Crippen LogP contribution in [0.2, 0.25) is 0 Å². The minimum atomic E-state index is -0.128. The Balaban J connectivity index is 2.10. The van der Waals surface area contributed by atoms with Gasteiger partial charge in [0.2, 0.25) is 0 Å². The molecule has 7 heteroatoms. The van der Waals surface area contributed by atoms with Crippen molar-refractivity contribution in [3.63, 3.8) is 0 Å². The number of carbonyl (C=O) groups excluding carboxylic acids is 1. The molecule has 0 unspecified atom stereocenters. The molecule has 2 aromatic heterocycles. The molecule has 0 radical (unpaired) electrons. The average molecular weight is 282 g/mol. The van der Waals surface area contributed by atoms with E-state index in [1.807, 2.05) is 6.26 Å². The molecule has 5 nitrogen and oxygen atoms in total. The monoisotopic (exact) mass is 282 g/mol. The van der Waals surface area contributed by atoms with Crippen molar-refractivity contribution in [2.45, 2.75) is 6.42 Å². The maximum Gasteiger partial charge on any atom is 0.263 e. The number of nitrogen functional groups attached to an aromatic ring is 1. The molecule has 2 rings (SSSR count). The molecule has 96 valence electrons. The van der Waals surface area contributed by atoms with Gasteiger partial charge in [0.05, 0.1) is 11.9 Å². The van der Waals surface area contributed by atoms with E-state index in [1.165, 1.54) is 11.3 Å². The van der Waals surface area contributed by atoms with Crippen molar-refractivity contribution in [3.05, 3.63) is 17.1 Å². The molecule has 0 fully saturated rings. The van der Waals surface area contributed by atoms with E-state index < -0.39 is 0 Å². The Morgan fingerprint density at radius 1 is 1.61 bits per heavy atom. The number of nitrogens with two attached hydrogens (primary N) is 1. The number of rotatable bonds is 5. The van der Waals surface area contributed by atoms with Crippen molar-refractivity contribution in [2.24, 2.45) is 0 Å². The van der Waals surface area contributed by atoms with E-state index >= 15 is 0 Å². The summed E-state index contributed by atoms with van der Waals surface area (Å²) in [6, 6.07) is 1.78. The zero-order chi connectivity index (χ0) is 13.0. The van der Waals surface area contributed by atoms with Crippen molar-refractivity contribution >= 4 is 44.9 Å². The topological polar surface area (TPSA) is 80.9 Å². The Bertz CT molecular complexity index is 555. The Hall–Kier alpha value is -1.34. The number of fused-ring (bicyclic) bond motifs is 1. The molecule has 0 saturated carbocycles. The molecular weight excluding hydrogens is 268 g/mol. The summed E-state index contributed by atoms with van der Waals surface area (Å²) in [6.07, 6.45) is 4.58. The van der Waals surface area contributed by atoms with Crippen molar-refractivity contribution in [1.29, 1.82) is 0 Å². The third-order valence-corrected chi connectivity index (χ3v) is 4.24. The van der Waals surface area contributed by atoms with Gasteiger partial charge in [-0.3, -0.25) is 4.79 Å².